The van der Waals surface area contributed by atoms with E-state index in [-0.39, 0.29) is 15.6 Å². The quantitative estimate of drug-likeness (QED) is 0.333. The molecule has 0 aromatic heterocycles. The molecule has 4 rings (SSSR count). The van der Waals surface area contributed by atoms with Gasteiger partial charge in [0.25, 0.3) is 5.91 Å². The minimum absolute atomic E-state index is 0.0981. The molecule has 2 amide bonds. The van der Waals surface area contributed by atoms with Crippen LogP contribution in [0.3, 0.4) is 0 Å². The number of benzene rings is 3. The summed E-state index contributed by atoms with van der Waals surface area (Å²) in [7, 11) is 1.54. The monoisotopic (exact) mass is 556 g/mol. The number of anilines is 2. The van der Waals surface area contributed by atoms with E-state index in [1.165, 1.54) is 59.5 Å². The minimum Gasteiger partial charge on any atom is -0.326 e. The normalized spacial score (nSPS) is 18.2. The summed E-state index contributed by atoms with van der Waals surface area (Å²) in [6.45, 7) is 1.69. The molecule has 0 heterocycles. The van der Waals surface area contributed by atoms with E-state index in [0.29, 0.717) is 22.5 Å². The molecule has 1 aliphatic rings. The first-order valence-corrected chi connectivity index (χ1v) is 11.9. The summed E-state index contributed by atoms with van der Waals surface area (Å²) in [5.74, 6) is -3.35. The molecule has 182 valence electrons. The number of carbonyl (C=O) groups excluding carboxylic acids is 2. The van der Waals surface area contributed by atoms with Gasteiger partial charge in [0.2, 0.25) is 5.91 Å². The summed E-state index contributed by atoms with van der Waals surface area (Å²) in [5.41, 5.74) is 2.05. The van der Waals surface area contributed by atoms with Crippen LogP contribution >= 0.6 is 46.4 Å². The van der Waals surface area contributed by atoms with E-state index in [4.69, 9.17) is 46.4 Å². The second-order valence-corrected chi connectivity index (χ2v) is 10.5. The molecular weight excluding hydrogens is 540 g/mol. The first-order chi connectivity index (χ1) is 16.4. The van der Waals surface area contributed by atoms with Gasteiger partial charge in [0.15, 0.2) is 0 Å². The Morgan fingerprint density at radius 2 is 1.69 bits per heavy atom. The SMILES string of the molecule is Cc1cc(F)ccc1N(C)C(=O)c1cc(NC(=O)[C@H]2[C@H](c3ccc(F)c(Cl)c3)C2(Cl)Cl)ccc1Cl. The van der Waals surface area contributed by atoms with Crippen molar-refractivity contribution < 1.29 is 18.4 Å². The molecule has 0 bridgehead atoms. The first kappa shape index (κ1) is 25.7. The smallest absolute Gasteiger partial charge is 0.259 e. The highest BCUT2D eigenvalue weighted by Gasteiger charge is 2.67. The van der Waals surface area contributed by atoms with E-state index < -0.39 is 39.6 Å². The summed E-state index contributed by atoms with van der Waals surface area (Å²) in [4.78, 5) is 27.5. The molecule has 3 aromatic rings. The van der Waals surface area contributed by atoms with Crippen molar-refractivity contribution in [3.63, 3.8) is 0 Å². The third-order valence-corrected chi connectivity index (χ3v) is 7.49. The largest absolute Gasteiger partial charge is 0.326 e. The van der Waals surface area contributed by atoms with Gasteiger partial charge in [0.1, 0.15) is 16.0 Å². The molecular formula is C25H18Cl4F2N2O2. The third-order valence-electron chi connectivity index (χ3n) is 5.93. The number of alkyl halides is 2. The number of amides is 2. The van der Waals surface area contributed by atoms with Gasteiger partial charge >= 0.3 is 0 Å². The number of aryl methyl sites for hydroxylation is 1. The Labute approximate surface area is 220 Å². The van der Waals surface area contributed by atoms with Crippen molar-refractivity contribution in [2.45, 2.75) is 17.2 Å². The zero-order chi connectivity index (χ0) is 25.7. The van der Waals surface area contributed by atoms with Crippen LogP contribution in [0.25, 0.3) is 0 Å². The van der Waals surface area contributed by atoms with Crippen molar-refractivity contribution in [2.75, 3.05) is 17.3 Å². The average Bonchev–Trinajstić information content (AvgIpc) is 3.38. The summed E-state index contributed by atoms with van der Waals surface area (Å²) in [6, 6.07) is 12.6. The highest BCUT2D eigenvalue weighted by atomic mass is 35.5. The zero-order valence-electron chi connectivity index (χ0n) is 18.4. The number of carbonyl (C=O) groups is 2. The molecule has 35 heavy (non-hydrogen) atoms. The molecule has 10 heteroatoms. The highest BCUT2D eigenvalue weighted by molar-refractivity contribution is 6.53. The van der Waals surface area contributed by atoms with E-state index in [2.05, 4.69) is 5.32 Å². The maximum Gasteiger partial charge on any atom is 0.259 e. The number of nitrogens with one attached hydrogen (secondary N) is 1. The van der Waals surface area contributed by atoms with Crippen LogP contribution < -0.4 is 10.2 Å². The molecule has 0 saturated heterocycles. The van der Waals surface area contributed by atoms with Gasteiger partial charge in [0.05, 0.1) is 21.5 Å². The molecule has 0 spiro atoms. The Kier molecular flexibility index (Phi) is 7.04. The number of halogens is 6. The molecule has 0 unspecified atom stereocenters. The molecule has 2 atom stereocenters. The van der Waals surface area contributed by atoms with Gasteiger partial charge in [-0.05, 0) is 66.6 Å². The lowest BCUT2D eigenvalue weighted by molar-refractivity contribution is -0.117. The van der Waals surface area contributed by atoms with Gasteiger partial charge in [-0.2, -0.15) is 0 Å². The van der Waals surface area contributed by atoms with Gasteiger partial charge < -0.3 is 10.2 Å². The Balaban J connectivity index is 1.54. The van der Waals surface area contributed by atoms with Crippen molar-refractivity contribution >= 4 is 69.6 Å². The van der Waals surface area contributed by atoms with Crippen LogP contribution in [0.1, 0.15) is 27.4 Å². The van der Waals surface area contributed by atoms with Crippen LogP contribution in [0.2, 0.25) is 10.0 Å². The van der Waals surface area contributed by atoms with E-state index in [1.807, 2.05) is 0 Å². The summed E-state index contributed by atoms with van der Waals surface area (Å²) in [6.07, 6.45) is 0. The van der Waals surface area contributed by atoms with Gasteiger partial charge in [-0.3, -0.25) is 9.59 Å². The van der Waals surface area contributed by atoms with E-state index in [0.717, 1.165) is 0 Å². The molecule has 1 aliphatic carbocycles. The molecule has 0 radical (unpaired) electrons. The minimum atomic E-state index is -1.41. The summed E-state index contributed by atoms with van der Waals surface area (Å²) < 4.78 is 25.6. The third kappa shape index (κ3) is 4.98. The molecule has 3 aromatic carbocycles. The topological polar surface area (TPSA) is 49.4 Å². The second kappa shape index (κ2) is 9.58. The maximum absolute atomic E-state index is 13.5. The van der Waals surface area contributed by atoms with Crippen LogP contribution in [0.15, 0.2) is 54.6 Å². The first-order valence-electron chi connectivity index (χ1n) is 10.4. The Hall–Kier alpha value is -2.38. The van der Waals surface area contributed by atoms with Crippen LogP contribution in [0.5, 0.6) is 0 Å². The summed E-state index contributed by atoms with van der Waals surface area (Å²) in [5, 5.41) is 2.79. The molecule has 1 N–H and O–H groups in total. The zero-order valence-corrected chi connectivity index (χ0v) is 21.4. The van der Waals surface area contributed by atoms with Crippen LogP contribution in [-0.2, 0) is 4.79 Å². The van der Waals surface area contributed by atoms with Crippen molar-refractivity contribution in [1.82, 2.24) is 0 Å². The molecule has 4 nitrogen and oxygen atoms in total. The predicted molar refractivity (Wildman–Crippen MR) is 136 cm³/mol. The fraction of sp³-hybridized carbons (Fsp3) is 0.200. The van der Waals surface area contributed by atoms with Crippen molar-refractivity contribution in [1.29, 1.82) is 0 Å². The van der Waals surface area contributed by atoms with Crippen LogP contribution in [0, 0.1) is 24.5 Å². The van der Waals surface area contributed by atoms with E-state index in [9.17, 15) is 18.4 Å². The highest BCUT2D eigenvalue weighted by Crippen LogP contribution is 2.65. The second-order valence-electron chi connectivity index (χ2n) is 8.28. The molecule has 0 aliphatic heterocycles. The van der Waals surface area contributed by atoms with Gasteiger partial charge in [-0.25, -0.2) is 8.78 Å². The standard InChI is InChI=1S/C25H18Cl4F2N2O2/c1-12-9-14(30)4-8-20(12)33(2)24(35)16-11-15(5-6-17(16)26)32-23(34)22-21(25(22,28)29)13-3-7-19(31)18(27)10-13/h3-11,21-22H,1-2H3,(H,32,34)/t21-,22+/m0/s1. The van der Waals surface area contributed by atoms with Gasteiger partial charge in [-0.1, -0.05) is 29.3 Å². The molecule has 1 fully saturated rings. The van der Waals surface area contributed by atoms with Crippen molar-refractivity contribution in [2.24, 2.45) is 5.92 Å². The predicted octanol–water partition coefficient (Wildman–Crippen LogP) is 7.38. The van der Waals surface area contributed by atoms with Gasteiger partial charge in [-0.15, -0.1) is 23.2 Å². The Morgan fingerprint density at radius 3 is 2.34 bits per heavy atom. The fourth-order valence-corrected chi connectivity index (χ4v) is 5.26. The van der Waals surface area contributed by atoms with E-state index in [1.54, 1.807) is 14.0 Å². The fourth-order valence-electron chi connectivity index (χ4n) is 4.05. The summed E-state index contributed by atoms with van der Waals surface area (Å²) >= 11 is 24.9. The lowest BCUT2D eigenvalue weighted by Gasteiger charge is -2.20. The Bertz CT molecular complexity index is 1350. The number of nitrogens with zero attached hydrogens (tertiary/aromatic N) is 1. The number of hydrogen-bond acceptors (Lipinski definition) is 2. The van der Waals surface area contributed by atoms with Crippen molar-refractivity contribution in [3.05, 3.63) is 93.0 Å². The Morgan fingerprint density at radius 1 is 0.971 bits per heavy atom. The van der Waals surface area contributed by atoms with E-state index >= 15 is 0 Å². The van der Waals surface area contributed by atoms with Crippen molar-refractivity contribution in [3.8, 4) is 0 Å². The average molecular weight is 558 g/mol. The lowest BCUT2D eigenvalue weighted by atomic mass is 10.1. The number of hydrogen-bond donors (Lipinski definition) is 1. The van der Waals surface area contributed by atoms with Gasteiger partial charge in [0, 0.05) is 24.3 Å². The van der Waals surface area contributed by atoms with Crippen LogP contribution in [-0.4, -0.2) is 23.2 Å². The van der Waals surface area contributed by atoms with Crippen LogP contribution in [0.4, 0.5) is 20.2 Å². The maximum atomic E-state index is 13.5. The molecule has 1 saturated carbocycles. The number of rotatable bonds is 5. The lowest BCUT2D eigenvalue weighted by Crippen LogP contribution is -2.27.